The van der Waals surface area contributed by atoms with Gasteiger partial charge in [-0.3, -0.25) is 0 Å². The molecule has 0 aliphatic rings. The van der Waals surface area contributed by atoms with Crippen LogP contribution < -0.4 is 6.15 Å². The number of nitriles is 1. The van der Waals surface area contributed by atoms with Gasteiger partial charge in [-0.1, -0.05) is 0 Å². The van der Waals surface area contributed by atoms with E-state index in [0.717, 1.165) is 11.8 Å². The lowest BCUT2D eigenvalue weighted by Crippen LogP contribution is -1.61. The Kier molecular flexibility index (Phi) is 13.6. The molecule has 0 rings (SSSR count). The summed E-state index contributed by atoms with van der Waals surface area (Å²) in [5, 5.41) is 17.1. The third-order valence-corrected chi connectivity index (χ3v) is 0.387. The molecule has 0 aromatic rings. The lowest BCUT2D eigenvalue weighted by molar-refractivity contribution is 0.376. The SMILES string of the molecule is N.N#CSCO. The van der Waals surface area contributed by atoms with Crippen molar-refractivity contribution in [2.75, 3.05) is 5.94 Å². The first kappa shape index (κ1) is 9.23. The molecule has 6 heavy (non-hydrogen) atoms. The smallest absolute Gasteiger partial charge is 0.135 e. The van der Waals surface area contributed by atoms with Crippen LogP contribution in [-0.2, 0) is 0 Å². The monoisotopic (exact) mass is 106 g/mol. The second-order valence-corrected chi connectivity index (χ2v) is 1.09. The number of thioether (sulfide) groups is 1. The average Bonchev–Trinajstić information content (AvgIpc) is 1.41. The first-order valence-corrected chi connectivity index (χ1v) is 2.02. The van der Waals surface area contributed by atoms with E-state index in [1.807, 2.05) is 0 Å². The van der Waals surface area contributed by atoms with E-state index in [-0.39, 0.29) is 12.1 Å². The molecule has 0 heterocycles. The first-order chi connectivity index (χ1) is 2.41. The van der Waals surface area contributed by atoms with E-state index in [9.17, 15) is 0 Å². The molecule has 0 aromatic heterocycles. The summed E-state index contributed by atoms with van der Waals surface area (Å²) in [7, 11) is 0. The highest BCUT2D eigenvalue weighted by atomic mass is 32.2. The molecule has 0 amide bonds. The van der Waals surface area contributed by atoms with E-state index < -0.39 is 0 Å². The van der Waals surface area contributed by atoms with Gasteiger partial charge in [0.25, 0.3) is 0 Å². The molecule has 36 valence electrons. The van der Waals surface area contributed by atoms with Gasteiger partial charge >= 0.3 is 0 Å². The molecule has 0 aromatic carbocycles. The van der Waals surface area contributed by atoms with Crippen molar-refractivity contribution in [1.82, 2.24) is 6.15 Å². The molecule has 0 saturated heterocycles. The Balaban J connectivity index is 0. The van der Waals surface area contributed by atoms with Gasteiger partial charge in [-0.2, -0.15) is 5.26 Å². The molecule has 4 N–H and O–H groups in total. The van der Waals surface area contributed by atoms with Crippen LogP contribution in [0.5, 0.6) is 0 Å². The van der Waals surface area contributed by atoms with Gasteiger partial charge in [0.15, 0.2) is 0 Å². The number of aliphatic hydroxyl groups is 1. The predicted molar refractivity (Wildman–Crippen MR) is 25.3 cm³/mol. The van der Waals surface area contributed by atoms with Gasteiger partial charge in [0.05, 0.1) is 0 Å². The summed E-state index contributed by atoms with van der Waals surface area (Å²) >= 11 is 0.824. The van der Waals surface area contributed by atoms with Crippen LogP contribution >= 0.6 is 11.8 Å². The van der Waals surface area contributed by atoms with E-state index in [0.29, 0.717) is 0 Å². The highest BCUT2D eigenvalue weighted by molar-refractivity contribution is 8.03. The third-order valence-electron chi connectivity index (χ3n) is 0.129. The Bertz CT molecular complexity index is 50.0. The van der Waals surface area contributed by atoms with Crippen molar-refractivity contribution in [1.29, 1.82) is 5.26 Å². The number of thiocyanates is 1. The Morgan fingerprint density at radius 2 is 2.33 bits per heavy atom. The summed E-state index contributed by atoms with van der Waals surface area (Å²) < 4.78 is 0. The Morgan fingerprint density at radius 3 is 2.33 bits per heavy atom. The zero-order valence-corrected chi connectivity index (χ0v) is 4.03. The molecule has 4 heteroatoms. The predicted octanol–water partition coefficient (Wildman–Crippen LogP) is 0.312. The quantitative estimate of drug-likeness (QED) is 0.372. The number of nitrogens with zero attached hydrogens (tertiary/aromatic N) is 1. The summed E-state index contributed by atoms with van der Waals surface area (Å²) in [5.74, 6) is -0.101. The first-order valence-electron chi connectivity index (χ1n) is 1.03. The van der Waals surface area contributed by atoms with Crippen molar-refractivity contribution in [2.45, 2.75) is 0 Å². The summed E-state index contributed by atoms with van der Waals surface area (Å²) in [6, 6.07) is 0. The molecule has 0 radical (unpaired) electrons. The van der Waals surface area contributed by atoms with Crippen LogP contribution in [0.25, 0.3) is 0 Å². The lowest BCUT2D eigenvalue weighted by Gasteiger charge is -1.66. The van der Waals surface area contributed by atoms with Crippen LogP contribution in [0.1, 0.15) is 0 Å². The van der Waals surface area contributed by atoms with Crippen molar-refractivity contribution in [3.05, 3.63) is 0 Å². The number of rotatable bonds is 1. The van der Waals surface area contributed by atoms with E-state index in [4.69, 9.17) is 10.4 Å². The van der Waals surface area contributed by atoms with Crippen LogP contribution in [0.15, 0.2) is 0 Å². The van der Waals surface area contributed by atoms with Crippen molar-refractivity contribution in [3.63, 3.8) is 0 Å². The van der Waals surface area contributed by atoms with Crippen LogP contribution in [0, 0.1) is 10.7 Å². The van der Waals surface area contributed by atoms with Crippen LogP contribution in [0.3, 0.4) is 0 Å². The number of aliphatic hydroxyl groups excluding tert-OH is 1. The average molecular weight is 106 g/mol. The minimum atomic E-state index is -0.101. The Morgan fingerprint density at radius 1 is 1.83 bits per heavy atom. The Hall–Kier alpha value is -0.240. The van der Waals surface area contributed by atoms with Gasteiger partial charge in [-0.05, 0) is 11.8 Å². The largest absolute Gasteiger partial charge is 0.385 e. The van der Waals surface area contributed by atoms with Crippen LogP contribution in [0.2, 0.25) is 0 Å². The van der Waals surface area contributed by atoms with Gasteiger partial charge in [-0.25, -0.2) is 0 Å². The highest BCUT2D eigenvalue weighted by Gasteiger charge is 1.66. The van der Waals surface area contributed by atoms with E-state index in [1.54, 1.807) is 5.40 Å². The van der Waals surface area contributed by atoms with Crippen molar-refractivity contribution < 1.29 is 5.11 Å². The zero-order chi connectivity index (χ0) is 4.12. The molecule has 0 fully saturated rings. The van der Waals surface area contributed by atoms with Crippen LogP contribution in [0.4, 0.5) is 0 Å². The third kappa shape index (κ3) is 9.25. The minimum absolute atomic E-state index is 0. The fraction of sp³-hybridized carbons (Fsp3) is 0.500. The molecule has 0 atom stereocenters. The van der Waals surface area contributed by atoms with E-state index in [1.165, 1.54) is 0 Å². The summed E-state index contributed by atoms with van der Waals surface area (Å²) in [5.41, 5.74) is 0. The van der Waals surface area contributed by atoms with Crippen molar-refractivity contribution in [3.8, 4) is 5.40 Å². The van der Waals surface area contributed by atoms with Crippen molar-refractivity contribution >= 4 is 11.8 Å². The summed E-state index contributed by atoms with van der Waals surface area (Å²) in [6.45, 7) is 0. The number of hydrogen-bond acceptors (Lipinski definition) is 4. The topological polar surface area (TPSA) is 79.0 Å². The lowest BCUT2D eigenvalue weighted by atomic mass is 11.7. The fourth-order valence-corrected chi connectivity index (χ4v) is 0.0866. The molecule has 0 spiro atoms. The van der Waals surface area contributed by atoms with Gasteiger partial charge in [-0.15, -0.1) is 0 Å². The van der Waals surface area contributed by atoms with Gasteiger partial charge in [0.1, 0.15) is 11.3 Å². The molecular formula is C2H6N2OS. The maximum absolute atomic E-state index is 7.81. The second kappa shape index (κ2) is 8.83. The molecule has 0 saturated carbocycles. The van der Waals surface area contributed by atoms with Gasteiger partial charge < -0.3 is 11.3 Å². The molecule has 3 nitrogen and oxygen atoms in total. The fourth-order valence-electron chi connectivity index (χ4n) is 0.0289. The van der Waals surface area contributed by atoms with Gasteiger partial charge in [0, 0.05) is 0 Å². The normalized spacial score (nSPS) is 5.33. The molecule has 0 aliphatic carbocycles. The second-order valence-electron chi connectivity index (χ2n) is 0.365. The van der Waals surface area contributed by atoms with Gasteiger partial charge in [0.2, 0.25) is 0 Å². The van der Waals surface area contributed by atoms with E-state index in [2.05, 4.69) is 0 Å². The highest BCUT2D eigenvalue weighted by Crippen LogP contribution is 1.87. The summed E-state index contributed by atoms with van der Waals surface area (Å²) in [6.07, 6.45) is 0. The minimum Gasteiger partial charge on any atom is -0.385 e. The maximum Gasteiger partial charge on any atom is 0.135 e. The van der Waals surface area contributed by atoms with Crippen molar-refractivity contribution in [2.24, 2.45) is 0 Å². The van der Waals surface area contributed by atoms with E-state index >= 15 is 0 Å². The Labute approximate surface area is 40.5 Å². The maximum atomic E-state index is 7.81. The summed E-state index contributed by atoms with van der Waals surface area (Å²) in [4.78, 5) is 0. The molecular weight excluding hydrogens is 100 g/mol. The zero-order valence-electron chi connectivity index (χ0n) is 3.22. The standard InChI is InChI=1S/C2H3NOS.H3N/c3-1-5-2-4;/h4H,2H2;1H3. The van der Waals surface area contributed by atoms with Crippen LogP contribution in [-0.4, -0.2) is 11.0 Å². The molecule has 0 aliphatic heterocycles. The molecule has 0 bridgehead atoms. The number of hydrogen-bond donors (Lipinski definition) is 2. The molecule has 0 unspecified atom stereocenters.